The van der Waals surface area contributed by atoms with Crippen molar-refractivity contribution in [1.29, 1.82) is 0 Å². The Kier molecular flexibility index (Phi) is 5.18. The third-order valence-electron chi connectivity index (χ3n) is 2.14. The standard InChI is InChI=1S/C11H18N2OS/c1-3-7-12-11(14)13-9(4-2)10-6-5-8-15-10/h5-6,8-9H,3-4,7H2,1-2H3,(H2,12,13,14). The first kappa shape index (κ1) is 12.0. The first-order valence-corrected chi connectivity index (χ1v) is 6.23. The van der Waals surface area contributed by atoms with E-state index in [1.807, 2.05) is 18.4 Å². The Morgan fingerprint density at radius 1 is 1.53 bits per heavy atom. The lowest BCUT2D eigenvalue weighted by Gasteiger charge is -2.15. The molecule has 1 atom stereocenters. The van der Waals surface area contributed by atoms with Gasteiger partial charge in [0.25, 0.3) is 0 Å². The monoisotopic (exact) mass is 226 g/mol. The van der Waals surface area contributed by atoms with Crippen LogP contribution in [0.5, 0.6) is 0 Å². The van der Waals surface area contributed by atoms with E-state index in [1.54, 1.807) is 11.3 Å². The minimum atomic E-state index is -0.0721. The lowest BCUT2D eigenvalue weighted by molar-refractivity contribution is 0.237. The number of rotatable bonds is 5. The van der Waals surface area contributed by atoms with E-state index < -0.39 is 0 Å². The normalized spacial score (nSPS) is 12.1. The average molecular weight is 226 g/mol. The minimum Gasteiger partial charge on any atom is -0.338 e. The molecule has 1 rings (SSSR count). The Labute approximate surface area is 94.9 Å². The van der Waals surface area contributed by atoms with E-state index in [0.29, 0.717) is 0 Å². The van der Waals surface area contributed by atoms with Crippen LogP contribution in [0.3, 0.4) is 0 Å². The molecule has 2 N–H and O–H groups in total. The zero-order chi connectivity index (χ0) is 11.1. The van der Waals surface area contributed by atoms with E-state index in [4.69, 9.17) is 0 Å². The molecule has 84 valence electrons. The van der Waals surface area contributed by atoms with Gasteiger partial charge in [-0.15, -0.1) is 11.3 Å². The van der Waals surface area contributed by atoms with E-state index in [9.17, 15) is 4.79 Å². The fourth-order valence-corrected chi connectivity index (χ4v) is 2.17. The Morgan fingerprint density at radius 3 is 2.87 bits per heavy atom. The molecule has 0 bridgehead atoms. The fraction of sp³-hybridized carbons (Fsp3) is 0.545. The molecule has 0 spiro atoms. The molecule has 0 aliphatic rings. The van der Waals surface area contributed by atoms with Gasteiger partial charge in [0.05, 0.1) is 6.04 Å². The third kappa shape index (κ3) is 3.91. The topological polar surface area (TPSA) is 41.1 Å². The maximum atomic E-state index is 11.4. The predicted octanol–water partition coefficient (Wildman–Crippen LogP) is 2.91. The van der Waals surface area contributed by atoms with Crippen LogP contribution in [0.1, 0.15) is 37.6 Å². The molecule has 1 unspecified atom stereocenters. The third-order valence-corrected chi connectivity index (χ3v) is 3.12. The van der Waals surface area contributed by atoms with E-state index in [-0.39, 0.29) is 12.1 Å². The largest absolute Gasteiger partial charge is 0.338 e. The van der Waals surface area contributed by atoms with Gasteiger partial charge in [0.2, 0.25) is 0 Å². The van der Waals surface area contributed by atoms with Gasteiger partial charge in [0, 0.05) is 11.4 Å². The summed E-state index contributed by atoms with van der Waals surface area (Å²) in [5, 5.41) is 7.81. The number of carbonyl (C=O) groups excluding carboxylic acids is 1. The van der Waals surface area contributed by atoms with Crippen molar-refractivity contribution in [2.75, 3.05) is 6.54 Å². The summed E-state index contributed by atoms with van der Waals surface area (Å²) in [6, 6.07) is 4.13. The molecule has 0 aromatic carbocycles. The van der Waals surface area contributed by atoms with Crippen molar-refractivity contribution in [1.82, 2.24) is 10.6 Å². The maximum absolute atomic E-state index is 11.4. The van der Waals surface area contributed by atoms with Crippen LogP contribution >= 0.6 is 11.3 Å². The molecule has 0 saturated carbocycles. The van der Waals surface area contributed by atoms with Crippen LogP contribution in [0.4, 0.5) is 4.79 Å². The molecule has 15 heavy (non-hydrogen) atoms. The number of amides is 2. The second kappa shape index (κ2) is 6.45. The Balaban J connectivity index is 2.44. The first-order chi connectivity index (χ1) is 7.27. The molecular weight excluding hydrogens is 208 g/mol. The second-order valence-electron chi connectivity index (χ2n) is 3.38. The zero-order valence-electron chi connectivity index (χ0n) is 9.25. The van der Waals surface area contributed by atoms with Crippen molar-refractivity contribution in [3.63, 3.8) is 0 Å². The summed E-state index contributed by atoms with van der Waals surface area (Å²) in [5.74, 6) is 0. The van der Waals surface area contributed by atoms with Crippen LogP contribution in [0.2, 0.25) is 0 Å². The minimum absolute atomic E-state index is 0.0721. The Bertz CT molecular complexity index is 285. The Morgan fingerprint density at radius 2 is 2.33 bits per heavy atom. The molecule has 0 aliphatic carbocycles. The Hall–Kier alpha value is -1.03. The van der Waals surface area contributed by atoms with Crippen LogP contribution in [0.25, 0.3) is 0 Å². The molecule has 3 nitrogen and oxygen atoms in total. The molecule has 0 aliphatic heterocycles. The van der Waals surface area contributed by atoms with Crippen LogP contribution in [-0.4, -0.2) is 12.6 Å². The van der Waals surface area contributed by atoms with Gasteiger partial charge in [-0.2, -0.15) is 0 Å². The molecule has 1 aromatic rings. The summed E-state index contributed by atoms with van der Waals surface area (Å²) >= 11 is 1.68. The van der Waals surface area contributed by atoms with Gasteiger partial charge in [-0.1, -0.05) is 19.9 Å². The summed E-state index contributed by atoms with van der Waals surface area (Å²) in [5.41, 5.74) is 0. The predicted molar refractivity (Wildman–Crippen MR) is 64.2 cm³/mol. The maximum Gasteiger partial charge on any atom is 0.315 e. The van der Waals surface area contributed by atoms with E-state index in [1.165, 1.54) is 4.88 Å². The lowest BCUT2D eigenvalue weighted by Crippen LogP contribution is -2.37. The van der Waals surface area contributed by atoms with Crippen molar-refractivity contribution < 1.29 is 4.79 Å². The molecule has 2 amide bonds. The molecular formula is C11H18N2OS. The summed E-state index contributed by atoms with van der Waals surface area (Å²) in [7, 11) is 0. The molecule has 4 heteroatoms. The smallest absolute Gasteiger partial charge is 0.315 e. The number of nitrogens with one attached hydrogen (secondary N) is 2. The van der Waals surface area contributed by atoms with Gasteiger partial charge in [-0.05, 0) is 24.3 Å². The number of urea groups is 1. The van der Waals surface area contributed by atoms with Crippen molar-refractivity contribution in [3.8, 4) is 0 Å². The van der Waals surface area contributed by atoms with Crippen LogP contribution in [0.15, 0.2) is 17.5 Å². The van der Waals surface area contributed by atoms with Crippen LogP contribution in [-0.2, 0) is 0 Å². The molecule has 0 radical (unpaired) electrons. The number of hydrogen-bond donors (Lipinski definition) is 2. The molecule has 0 fully saturated rings. The van der Waals surface area contributed by atoms with Gasteiger partial charge >= 0.3 is 6.03 Å². The quantitative estimate of drug-likeness (QED) is 0.796. The first-order valence-electron chi connectivity index (χ1n) is 5.35. The molecule has 1 heterocycles. The van der Waals surface area contributed by atoms with E-state index >= 15 is 0 Å². The highest BCUT2D eigenvalue weighted by molar-refractivity contribution is 7.10. The molecule has 0 saturated heterocycles. The number of thiophene rings is 1. The van der Waals surface area contributed by atoms with Crippen LogP contribution < -0.4 is 10.6 Å². The second-order valence-corrected chi connectivity index (χ2v) is 4.36. The van der Waals surface area contributed by atoms with E-state index in [2.05, 4.69) is 23.6 Å². The van der Waals surface area contributed by atoms with Crippen molar-refractivity contribution in [2.24, 2.45) is 0 Å². The highest BCUT2D eigenvalue weighted by Crippen LogP contribution is 2.21. The zero-order valence-corrected chi connectivity index (χ0v) is 10.1. The van der Waals surface area contributed by atoms with Crippen molar-refractivity contribution >= 4 is 17.4 Å². The highest BCUT2D eigenvalue weighted by Gasteiger charge is 2.12. The number of carbonyl (C=O) groups is 1. The van der Waals surface area contributed by atoms with Gasteiger partial charge < -0.3 is 10.6 Å². The summed E-state index contributed by atoms with van der Waals surface area (Å²) in [6.45, 7) is 4.84. The fourth-order valence-electron chi connectivity index (χ4n) is 1.31. The van der Waals surface area contributed by atoms with Crippen LogP contribution in [0, 0.1) is 0 Å². The SMILES string of the molecule is CCCNC(=O)NC(CC)c1cccs1. The van der Waals surface area contributed by atoms with Gasteiger partial charge in [-0.3, -0.25) is 0 Å². The lowest BCUT2D eigenvalue weighted by atomic mass is 10.2. The highest BCUT2D eigenvalue weighted by atomic mass is 32.1. The summed E-state index contributed by atoms with van der Waals surface area (Å²) in [4.78, 5) is 12.7. The summed E-state index contributed by atoms with van der Waals surface area (Å²) < 4.78 is 0. The van der Waals surface area contributed by atoms with Gasteiger partial charge in [0.1, 0.15) is 0 Å². The van der Waals surface area contributed by atoms with Crippen molar-refractivity contribution in [3.05, 3.63) is 22.4 Å². The number of hydrogen-bond acceptors (Lipinski definition) is 2. The summed E-state index contributed by atoms with van der Waals surface area (Å²) in [6.07, 6.45) is 1.88. The van der Waals surface area contributed by atoms with Crippen molar-refractivity contribution in [2.45, 2.75) is 32.7 Å². The average Bonchev–Trinajstić information content (AvgIpc) is 2.76. The molecule has 1 aromatic heterocycles. The van der Waals surface area contributed by atoms with Gasteiger partial charge in [0.15, 0.2) is 0 Å². The van der Waals surface area contributed by atoms with E-state index in [0.717, 1.165) is 19.4 Å². The van der Waals surface area contributed by atoms with Gasteiger partial charge in [-0.25, -0.2) is 4.79 Å².